The van der Waals surface area contributed by atoms with Crippen LogP contribution in [0.4, 0.5) is 0 Å². The monoisotopic (exact) mass is 361 g/mol. The fraction of sp³-hybridized carbons (Fsp3) is 0.235. The molecule has 0 aliphatic rings. The molecule has 0 saturated heterocycles. The largest absolute Gasteiger partial charge is 0.441 e. The minimum Gasteiger partial charge on any atom is -0.441 e. The average Bonchev–Trinajstić information content (AvgIpc) is 3.25. The summed E-state index contributed by atoms with van der Waals surface area (Å²) in [5.74, 6) is 1.21. The van der Waals surface area contributed by atoms with Crippen molar-refractivity contribution in [3.05, 3.63) is 58.0 Å². The number of aromatic nitrogens is 2. The Morgan fingerprint density at radius 3 is 2.79 bits per heavy atom. The Bertz CT molecular complexity index is 785. The maximum absolute atomic E-state index is 11.8. The number of amides is 1. The van der Waals surface area contributed by atoms with E-state index in [1.165, 1.54) is 0 Å². The fourth-order valence-electron chi connectivity index (χ4n) is 2.17. The molecule has 1 N–H and O–H groups in total. The number of rotatable bonds is 7. The van der Waals surface area contributed by atoms with Gasteiger partial charge in [0, 0.05) is 48.0 Å². The third-order valence-electron chi connectivity index (χ3n) is 3.39. The molecule has 0 aliphatic carbocycles. The van der Waals surface area contributed by atoms with Gasteiger partial charge in [-0.3, -0.25) is 4.79 Å². The molecular formula is C17H16ClN3O2S. The molecule has 124 valence electrons. The first-order chi connectivity index (χ1) is 11.7. The molecule has 7 heteroatoms. The quantitative estimate of drug-likeness (QED) is 0.696. The van der Waals surface area contributed by atoms with Crippen LogP contribution >= 0.6 is 22.9 Å². The van der Waals surface area contributed by atoms with Gasteiger partial charge in [0.2, 0.25) is 5.91 Å². The fourth-order valence-corrected chi connectivity index (χ4v) is 2.91. The maximum Gasteiger partial charge on any atom is 0.220 e. The molecule has 0 radical (unpaired) electrons. The molecule has 24 heavy (non-hydrogen) atoms. The predicted molar refractivity (Wildman–Crippen MR) is 94.1 cm³/mol. The standard InChI is InChI=1S/C17H16ClN3O2S/c18-13-3-1-12(2-4-13)14-11-21-16(23-14)6-5-15(22)19-8-7-17-20-9-10-24-17/h1-4,9-11H,5-8H2,(H,19,22). The van der Waals surface area contributed by atoms with E-state index in [4.69, 9.17) is 16.0 Å². The molecule has 1 amide bonds. The maximum atomic E-state index is 11.8. The SMILES string of the molecule is O=C(CCc1ncc(-c2ccc(Cl)cc2)o1)NCCc1nccs1. The summed E-state index contributed by atoms with van der Waals surface area (Å²) in [7, 11) is 0. The second-order valence-electron chi connectivity index (χ2n) is 5.15. The topological polar surface area (TPSA) is 68.0 Å². The van der Waals surface area contributed by atoms with Gasteiger partial charge in [-0.05, 0) is 24.3 Å². The van der Waals surface area contributed by atoms with Crippen LogP contribution in [0.15, 0.2) is 46.5 Å². The average molecular weight is 362 g/mol. The highest BCUT2D eigenvalue weighted by atomic mass is 35.5. The third-order valence-corrected chi connectivity index (χ3v) is 4.48. The zero-order chi connectivity index (χ0) is 16.8. The molecule has 1 aromatic carbocycles. The van der Waals surface area contributed by atoms with Crippen molar-refractivity contribution in [3.63, 3.8) is 0 Å². The van der Waals surface area contributed by atoms with Gasteiger partial charge in [-0.15, -0.1) is 11.3 Å². The Balaban J connectivity index is 1.44. The van der Waals surface area contributed by atoms with Crippen LogP contribution in [0.2, 0.25) is 5.02 Å². The van der Waals surface area contributed by atoms with Crippen LogP contribution in [0.1, 0.15) is 17.3 Å². The Hall–Kier alpha value is -2.18. The van der Waals surface area contributed by atoms with Gasteiger partial charge in [-0.25, -0.2) is 9.97 Å². The van der Waals surface area contributed by atoms with Crippen LogP contribution in [0, 0.1) is 0 Å². The number of nitrogens with one attached hydrogen (secondary N) is 1. The molecule has 0 atom stereocenters. The number of nitrogens with zero attached hydrogens (tertiary/aromatic N) is 2. The van der Waals surface area contributed by atoms with E-state index in [1.54, 1.807) is 35.9 Å². The van der Waals surface area contributed by atoms with Gasteiger partial charge in [0.25, 0.3) is 0 Å². The number of aryl methyl sites for hydroxylation is 1. The first-order valence-corrected chi connectivity index (χ1v) is 8.82. The summed E-state index contributed by atoms with van der Waals surface area (Å²) in [5, 5.41) is 6.51. The van der Waals surface area contributed by atoms with Crippen molar-refractivity contribution in [1.82, 2.24) is 15.3 Å². The Kier molecular flexibility index (Phi) is 5.61. The first-order valence-electron chi connectivity index (χ1n) is 7.56. The number of hydrogen-bond acceptors (Lipinski definition) is 5. The lowest BCUT2D eigenvalue weighted by Gasteiger charge is -2.02. The molecule has 0 spiro atoms. The highest BCUT2D eigenvalue weighted by Crippen LogP contribution is 2.22. The normalized spacial score (nSPS) is 10.7. The lowest BCUT2D eigenvalue weighted by molar-refractivity contribution is -0.121. The van der Waals surface area contributed by atoms with Gasteiger partial charge < -0.3 is 9.73 Å². The lowest BCUT2D eigenvalue weighted by Crippen LogP contribution is -2.25. The molecule has 5 nitrogen and oxygen atoms in total. The Morgan fingerprint density at radius 1 is 1.21 bits per heavy atom. The molecular weight excluding hydrogens is 346 g/mol. The third kappa shape index (κ3) is 4.66. The van der Waals surface area contributed by atoms with E-state index in [2.05, 4.69) is 15.3 Å². The van der Waals surface area contributed by atoms with Crippen molar-refractivity contribution in [2.24, 2.45) is 0 Å². The summed E-state index contributed by atoms with van der Waals surface area (Å²) in [6.45, 7) is 0.591. The highest BCUT2D eigenvalue weighted by Gasteiger charge is 2.09. The summed E-state index contributed by atoms with van der Waals surface area (Å²) < 4.78 is 5.68. The van der Waals surface area contributed by atoms with Crippen LogP contribution in [-0.4, -0.2) is 22.4 Å². The molecule has 3 aromatic rings. The van der Waals surface area contributed by atoms with Gasteiger partial charge in [-0.1, -0.05) is 11.6 Å². The van der Waals surface area contributed by atoms with E-state index in [1.807, 2.05) is 17.5 Å². The number of carbonyl (C=O) groups excluding carboxylic acids is 1. The Labute approximate surface area is 148 Å². The summed E-state index contributed by atoms with van der Waals surface area (Å²) in [6.07, 6.45) is 5.00. The van der Waals surface area contributed by atoms with Gasteiger partial charge >= 0.3 is 0 Å². The minimum absolute atomic E-state index is 0.0159. The number of hydrogen-bond donors (Lipinski definition) is 1. The number of halogens is 1. The van der Waals surface area contributed by atoms with Crippen LogP contribution in [0.25, 0.3) is 11.3 Å². The molecule has 0 saturated carbocycles. The number of carbonyl (C=O) groups is 1. The van der Waals surface area contributed by atoms with E-state index < -0.39 is 0 Å². The predicted octanol–water partition coefficient (Wildman–Crippen LogP) is 3.74. The van der Waals surface area contributed by atoms with Crippen molar-refractivity contribution in [2.75, 3.05) is 6.54 Å². The minimum atomic E-state index is -0.0159. The number of benzene rings is 1. The van der Waals surface area contributed by atoms with E-state index in [0.717, 1.165) is 17.0 Å². The second-order valence-corrected chi connectivity index (χ2v) is 6.57. The van der Waals surface area contributed by atoms with Crippen LogP contribution in [-0.2, 0) is 17.6 Å². The van der Waals surface area contributed by atoms with E-state index in [0.29, 0.717) is 36.1 Å². The van der Waals surface area contributed by atoms with Crippen LogP contribution in [0.3, 0.4) is 0 Å². The van der Waals surface area contributed by atoms with Crippen molar-refractivity contribution in [3.8, 4) is 11.3 Å². The Morgan fingerprint density at radius 2 is 2.04 bits per heavy atom. The van der Waals surface area contributed by atoms with Gasteiger partial charge in [-0.2, -0.15) is 0 Å². The molecule has 0 bridgehead atoms. The summed E-state index contributed by atoms with van der Waals surface area (Å²) in [6, 6.07) is 7.35. The molecule has 0 unspecified atom stereocenters. The zero-order valence-electron chi connectivity index (χ0n) is 12.9. The summed E-state index contributed by atoms with van der Waals surface area (Å²) in [5.41, 5.74) is 0.908. The van der Waals surface area contributed by atoms with Crippen molar-refractivity contribution in [1.29, 1.82) is 0 Å². The molecule has 0 aliphatic heterocycles. The second kappa shape index (κ2) is 8.08. The van der Waals surface area contributed by atoms with E-state index in [9.17, 15) is 4.79 Å². The van der Waals surface area contributed by atoms with Crippen molar-refractivity contribution in [2.45, 2.75) is 19.3 Å². The zero-order valence-corrected chi connectivity index (χ0v) is 14.4. The molecule has 3 rings (SSSR count). The lowest BCUT2D eigenvalue weighted by atomic mass is 10.2. The highest BCUT2D eigenvalue weighted by molar-refractivity contribution is 7.09. The molecule has 2 aromatic heterocycles. The van der Waals surface area contributed by atoms with Crippen molar-refractivity contribution >= 4 is 28.8 Å². The first kappa shape index (κ1) is 16.7. The summed E-state index contributed by atoms with van der Waals surface area (Å²) >= 11 is 7.46. The van der Waals surface area contributed by atoms with Gasteiger partial charge in [0.15, 0.2) is 11.7 Å². The molecule has 0 fully saturated rings. The van der Waals surface area contributed by atoms with Crippen LogP contribution < -0.4 is 5.32 Å². The van der Waals surface area contributed by atoms with E-state index >= 15 is 0 Å². The van der Waals surface area contributed by atoms with E-state index in [-0.39, 0.29) is 5.91 Å². The van der Waals surface area contributed by atoms with Gasteiger partial charge in [0.05, 0.1) is 11.2 Å². The van der Waals surface area contributed by atoms with Gasteiger partial charge in [0.1, 0.15) is 0 Å². The number of oxazole rings is 1. The number of thiazole rings is 1. The van der Waals surface area contributed by atoms with Crippen LogP contribution in [0.5, 0.6) is 0 Å². The summed E-state index contributed by atoms with van der Waals surface area (Å²) in [4.78, 5) is 20.2. The smallest absolute Gasteiger partial charge is 0.220 e. The van der Waals surface area contributed by atoms with Crippen molar-refractivity contribution < 1.29 is 9.21 Å². The molecule has 2 heterocycles.